The maximum atomic E-state index is 12.2. The Kier molecular flexibility index (Phi) is 5.81. The Morgan fingerprint density at radius 1 is 1.18 bits per heavy atom. The van der Waals surface area contributed by atoms with E-state index in [0.717, 1.165) is 18.4 Å². The number of amides is 3. The zero-order valence-corrected chi connectivity index (χ0v) is 16.5. The van der Waals surface area contributed by atoms with Crippen molar-refractivity contribution in [1.29, 1.82) is 0 Å². The van der Waals surface area contributed by atoms with Gasteiger partial charge in [0.05, 0.1) is 0 Å². The molecule has 2 fully saturated rings. The second kappa shape index (κ2) is 8.12. The Labute approximate surface area is 164 Å². The monoisotopic (exact) mass is 389 g/mol. The highest BCUT2D eigenvalue weighted by molar-refractivity contribution is 6.01. The number of ether oxygens (including phenoxy) is 1. The molecule has 0 saturated carbocycles. The molecule has 1 aromatic heterocycles. The molecule has 28 heavy (non-hydrogen) atoms. The van der Waals surface area contributed by atoms with Gasteiger partial charge in [-0.3, -0.25) is 14.9 Å². The zero-order chi connectivity index (χ0) is 20.3. The summed E-state index contributed by atoms with van der Waals surface area (Å²) in [7, 11) is 0. The summed E-state index contributed by atoms with van der Waals surface area (Å²) in [6, 6.07) is -0.499. The van der Waals surface area contributed by atoms with Gasteiger partial charge in [0.25, 0.3) is 0 Å². The first kappa shape index (κ1) is 20.0. The third kappa shape index (κ3) is 5.17. The molecule has 2 saturated heterocycles. The summed E-state index contributed by atoms with van der Waals surface area (Å²) in [5.74, 6) is 0.0447. The lowest BCUT2D eigenvalue weighted by Crippen LogP contribution is -2.47. The van der Waals surface area contributed by atoms with Gasteiger partial charge in [0.2, 0.25) is 17.8 Å². The molecular weight excluding hydrogens is 362 g/mol. The van der Waals surface area contributed by atoms with Crippen molar-refractivity contribution in [1.82, 2.24) is 20.2 Å². The van der Waals surface area contributed by atoms with E-state index in [9.17, 15) is 14.4 Å². The van der Waals surface area contributed by atoms with Crippen molar-refractivity contribution in [3.05, 3.63) is 18.0 Å². The summed E-state index contributed by atoms with van der Waals surface area (Å²) < 4.78 is 5.42. The van der Waals surface area contributed by atoms with Gasteiger partial charge in [0.15, 0.2) is 0 Å². The van der Waals surface area contributed by atoms with Gasteiger partial charge >= 0.3 is 6.09 Å². The molecule has 3 amide bonds. The number of nitrogens with one attached hydrogen (secondary N) is 2. The van der Waals surface area contributed by atoms with Gasteiger partial charge in [0, 0.05) is 31.9 Å². The number of aromatic nitrogens is 2. The predicted octanol–water partition coefficient (Wildman–Crippen LogP) is 1.81. The molecule has 0 aliphatic carbocycles. The predicted molar refractivity (Wildman–Crippen MR) is 102 cm³/mol. The van der Waals surface area contributed by atoms with E-state index in [1.807, 2.05) is 20.8 Å². The largest absolute Gasteiger partial charge is 0.444 e. The first-order valence-electron chi connectivity index (χ1n) is 9.61. The van der Waals surface area contributed by atoms with E-state index in [2.05, 4.69) is 20.6 Å². The maximum absolute atomic E-state index is 12.2. The van der Waals surface area contributed by atoms with Crippen molar-refractivity contribution in [2.45, 2.75) is 64.0 Å². The summed E-state index contributed by atoms with van der Waals surface area (Å²) in [6.07, 6.45) is 5.62. The summed E-state index contributed by atoms with van der Waals surface area (Å²) >= 11 is 0. The minimum absolute atomic E-state index is 0.253. The number of piperidine rings is 2. The lowest BCUT2D eigenvalue weighted by molar-refractivity contribution is -0.133. The van der Waals surface area contributed by atoms with Gasteiger partial charge in [-0.2, -0.15) is 0 Å². The minimum atomic E-state index is -0.499. The summed E-state index contributed by atoms with van der Waals surface area (Å²) in [5, 5.41) is 5.27. The molecule has 3 rings (SSSR count). The van der Waals surface area contributed by atoms with Gasteiger partial charge in [-0.25, -0.2) is 14.8 Å². The molecule has 2 aliphatic heterocycles. The maximum Gasteiger partial charge on any atom is 0.410 e. The van der Waals surface area contributed by atoms with Gasteiger partial charge in [0.1, 0.15) is 11.6 Å². The molecule has 0 aromatic carbocycles. The van der Waals surface area contributed by atoms with E-state index in [0.29, 0.717) is 31.9 Å². The fraction of sp³-hybridized carbons (Fsp3) is 0.632. The van der Waals surface area contributed by atoms with E-state index in [1.54, 1.807) is 17.3 Å². The topological polar surface area (TPSA) is 114 Å². The number of imide groups is 1. The molecule has 0 bridgehead atoms. The molecule has 1 atom stereocenters. The molecule has 9 nitrogen and oxygen atoms in total. The fourth-order valence-corrected chi connectivity index (χ4v) is 3.33. The van der Waals surface area contributed by atoms with Gasteiger partial charge < -0.3 is 15.0 Å². The Morgan fingerprint density at radius 3 is 2.39 bits per heavy atom. The summed E-state index contributed by atoms with van der Waals surface area (Å²) in [4.78, 5) is 45.5. The van der Waals surface area contributed by atoms with Crippen LogP contribution in [0.3, 0.4) is 0 Å². The van der Waals surface area contributed by atoms with Crippen LogP contribution < -0.4 is 10.6 Å². The molecule has 2 N–H and O–H groups in total. The lowest BCUT2D eigenvalue weighted by Gasteiger charge is -2.33. The number of anilines is 1. The molecule has 3 heterocycles. The number of nitrogens with zero attached hydrogens (tertiary/aromatic N) is 3. The van der Waals surface area contributed by atoms with Gasteiger partial charge in [-0.1, -0.05) is 0 Å². The van der Waals surface area contributed by atoms with Crippen LogP contribution in [-0.4, -0.2) is 57.5 Å². The number of carbonyl (C=O) groups is 3. The van der Waals surface area contributed by atoms with Crippen molar-refractivity contribution in [2.24, 2.45) is 0 Å². The molecule has 2 aliphatic rings. The van der Waals surface area contributed by atoms with Crippen LogP contribution in [0.1, 0.15) is 57.9 Å². The van der Waals surface area contributed by atoms with E-state index in [1.165, 1.54) is 0 Å². The molecule has 0 radical (unpaired) electrons. The van der Waals surface area contributed by atoms with E-state index in [4.69, 9.17) is 4.74 Å². The van der Waals surface area contributed by atoms with Crippen molar-refractivity contribution in [2.75, 3.05) is 18.4 Å². The Balaban J connectivity index is 1.51. The Morgan fingerprint density at radius 2 is 1.82 bits per heavy atom. The van der Waals surface area contributed by atoms with E-state index >= 15 is 0 Å². The SMILES string of the molecule is CC(C)(C)OC(=O)N1CCC(c2cnc(NC3CCC(=O)NC3=O)nc2)CC1. The van der Waals surface area contributed by atoms with Crippen LogP contribution in [-0.2, 0) is 14.3 Å². The van der Waals surface area contributed by atoms with Crippen LogP contribution >= 0.6 is 0 Å². The van der Waals surface area contributed by atoms with Crippen LogP contribution in [0.2, 0.25) is 0 Å². The Bertz CT molecular complexity index is 736. The smallest absolute Gasteiger partial charge is 0.410 e. The normalized spacial score (nSPS) is 21.2. The molecule has 9 heteroatoms. The lowest BCUT2D eigenvalue weighted by atomic mass is 9.91. The highest BCUT2D eigenvalue weighted by Crippen LogP contribution is 2.28. The molecule has 152 valence electrons. The minimum Gasteiger partial charge on any atom is -0.444 e. The second-order valence-corrected chi connectivity index (χ2v) is 8.23. The van der Waals surface area contributed by atoms with Crippen molar-refractivity contribution < 1.29 is 19.1 Å². The standard InChI is InChI=1S/C19H27N5O4/c1-19(2,3)28-18(27)24-8-6-12(7-9-24)13-10-20-17(21-11-13)22-14-4-5-15(25)23-16(14)26/h10-12,14H,4-9H2,1-3H3,(H,20,21,22)(H,23,25,26). The van der Waals surface area contributed by atoms with Crippen LogP contribution in [0.4, 0.5) is 10.7 Å². The second-order valence-electron chi connectivity index (χ2n) is 8.23. The van der Waals surface area contributed by atoms with E-state index in [-0.39, 0.29) is 23.8 Å². The average Bonchev–Trinajstić information content (AvgIpc) is 2.63. The number of carbonyl (C=O) groups excluding carboxylic acids is 3. The molecule has 0 spiro atoms. The number of rotatable bonds is 3. The quantitative estimate of drug-likeness (QED) is 0.758. The number of hydrogen-bond acceptors (Lipinski definition) is 7. The number of likely N-dealkylation sites (tertiary alicyclic amines) is 1. The van der Waals surface area contributed by atoms with Gasteiger partial charge in [-0.05, 0) is 51.5 Å². The molecule has 1 unspecified atom stereocenters. The van der Waals surface area contributed by atoms with Crippen LogP contribution in [0.5, 0.6) is 0 Å². The Hall–Kier alpha value is -2.71. The molecule has 1 aromatic rings. The zero-order valence-electron chi connectivity index (χ0n) is 16.5. The van der Waals surface area contributed by atoms with Crippen molar-refractivity contribution >= 4 is 23.9 Å². The first-order chi connectivity index (χ1) is 13.2. The highest BCUT2D eigenvalue weighted by Gasteiger charge is 2.29. The van der Waals surface area contributed by atoms with Crippen molar-refractivity contribution in [3.63, 3.8) is 0 Å². The van der Waals surface area contributed by atoms with Crippen molar-refractivity contribution in [3.8, 4) is 0 Å². The number of hydrogen-bond donors (Lipinski definition) is 2. The van der Waals surface area contributed by atoms with Crippen LogP contribution in [0.25, 0.3) is 0 Å². The molecular formula is C19H27N5O4. The van der Waals surface area contributed by atoms with E-state index < -0.39 is 11.6 Å². The highest BCUT2D eigenvalue weighted by atomic mass is 16.6. The summed E-state index contributed by atoms with van der Waals surface area (Å²) in [6.45, 7) is 6.85. The van der Waals surface area contributed by atoms with Gasteiger partial charge in [-0.15, -0.1) is 0 Å². The van der Waals surface area contributed by atoms with Crippen LogP contribution in [0, 0.1) is 0 Å². The fourth-order valence-electron chi connectivity index (χ4n) is 3.33. The summed E-state index contributed by atoms with van der Waals surface area (Å²) in [5.41, 5.74) is 0.519. The first-order valence-corrected chi connectivity index (χ1v) is 9.61. The third-order valence-corrected chi connectivity index (χ3v) is 4.83. The average molecular weight is 389 g/mol. The van der Waals surface area contributed by atoms with Crippen LogP contribution in [0.15, 0.2) is 12.4 Å². The third-order valence-electron chi connectivity index (χ3n) is 4.83.